The minimum absolute atomic E-state index is 0.784. The Hall–Kier alpha value is -1.41. The maximum Gasteiger partial charge on any atom is 0.0346 e. The number of fused-ring (bicyclic) bond motifs is 3. The molecule has 0 radical (unpaired) electrons. The first-order valence-corrected chi connectivity index (χ1v) is 7.46. The van der Waals surface area contributed by atoms with E-state index in [1.165, 1.54) is 48.4 Å². The van der Waals surface area contributed by atoms with Gasteiger partial charge < -0.3 is 5.32 Å². The molecule has 1 unspecified atom stereocenters. The molecular weight excluding hydrogens is 232 g/mol. The highest BCUT2D eigenvalue weighted by Gasteiger charge is 2.33. The molecule has 2 saturated heterocycles. The van der Waals surface area contributed by atoms with Crippen LogP contribution in [-0.2, 0) is 6.42 Å². The second kappa shape index (κ2) is 4.61. The normalized spacial score (nSPS) is 29.8. The molecule has 2 heteroatoms. The monoisotopic (exact) mass is 252 g/mol. The maximum atomic E-state index is 4.42. The summed E-state index contributed by atoms with van der Waals surface area (Å²) in [5.41, 5.74) is 1.43. The summed E-state index contributed by atoms with van der Waals surface area (Å²) in [5, 5.41) is 6.39. The Bertz CT molecular complexity index is 575. The van der Waals surface area contributed by atoms with Crippen molar-refractivity contribution in [1.82, 2.24) is 10.3 Å². The average molecular weight is 252 g/mol. The number of piperidine rings is 1. The Labute approximate surface area is 114 Å². The van der Waals surface area contributed by atoms with Crippen LogP contribution in [0.1, 0.15) is 31.2 Å². The van der Waals surface area contributed by atoms with Crippen LogP contribution in [-0.4, -0.2) is 17.1 Å². The number of benzene rings is 1. The quantitative estimate of drug-likeness (QED) is 0.887. The number of hydrogen-bond acceptors (Lipinski definition) is 2. The van der Waals surface area contributed by atoms with E-state index in [-0.39, 0.29) is 0 Å². The van der Waals surface area contributed by atoms with Gasteiger partial charge in [-0.3, -0.25) is 4.98 Å². The molecule has 1 aromatic carbocycles. The fourth-order valence-electron chi connectivity index (χ4n) is 3.99. The lowest BCUT2D eigenvalue weighted by Gasteiger charge is -2.29. The van der Waals surface area contributed by atoms with E-state index >= 15 is 0 Å². The van der Waals surface area contributed by atoms with E-state index < -0.39 is 0 Å². The SMILES string of the molecule is c1ccc2c(CC3C[C@H]4CC[C@@H](C3)N4)cncc2c1. The molecule has 0 amide bonds. The van der Waals surface area contributed by atoms with Crippen molar-refractivity contribution in [2.45, 2.75) is 44.2 Å². The lowest BCUT2D eigenvalue weighted by molar-refractivity contribution is 0.299. The summed E-state index contributed by atoms with van der Waals surface area (Å²) in [7, 11) is 0. The summed E-state index contributed by atoms with van der Waals surface area (Å²) in [6.07, 6.45) is 10.7. The zero-order chi connectivity index (χ0) is 12.7. The van der Waals surface area contributed by atoms with Crippen molar-refractivity contribution < 1.29 is 0 Å². The van der Waals surface area contributed by atoms with Gasteiger partial charge in [-0.05, 0) is 49.0 Å². The maximum absolute atomic E-state index is 4.42. The number of hydrogen-bond donors (Lipinski definition) is 1. The minimum atomic E-state index is 0.784. The van der Waals surface area contributed by atoms with E-state index in [9.17, 15) is 0 Å². The highest BCUT2D eigenvalue weighted by molar-refractivity contribution is 5.84. The third-order valence-electron chi connectivity index (χ3n) is 4.83. The van der Waals surface area contributed by atoms with Gasteiger partial charge in [-0.25, -0.2) is 0 Å². The molecule has 19 heavy (non-hydrogen) atoms. The number of nitrogens with one attached hydrogen (secondary N) is 1. The molecule has 2 fully saturated rings. The lowest BCUT2D eigenvalue weighted by atomic mass is 9.86. The second-order valence-electron chi connectivity index (χ2n) is 6.20. The molecule has 2 nitrogen and oxygen atoms in total. The van der Waals surface area contributed by atoms with Crippen LogP contribution in [0.2, 0.25) is 0 Å². The molecule has 0 saturated carbocycles. The van der Waals surface area contributed by atoms with Crippen molar-refractivity contribution in [2.75, 3.05) is 0 Å². The van der Waals surface area contributed by atoms with Crippen LogP contribution in [0, 0.1) is 5.92 Å². The lowest BCUT2D eigenvalue weighted by Crippen LogP contribution is -2.38. The molecule has 2 bridgehead atoms. The van der Waals surface area contributed by atoms with Crippen molar-refractivity contribution >= 4 is 10.8 Å². The summed E-state index contributed by atoms with van der Waals surface area (Å²) >= 11 is 0. The summed E-state index contributed by atoms with van der Waals surface area (Å²) in [5.74, 6) is 0.839. The fourth-order valence-corrected chi connectivity index (χ4v) is 3.99. The van der Waals surface area contributed by atoms with Crippen LogP contribution >= 0.6 is 0 Å². The van der Waals surface area contributed by atoms with E-state index in [2.05, 4.69) is 40.8 Å². The molecule has 2 aliphatic rings. The van der Waals surface area contributed by atoms with Crippen LogP contribution in [0.15, 0.2) is 36.7 Å². The molecule has 3 heterocycles. The van der Waals surface area contributed by atoms with Gasteiger partial charge >= 0.3 is 0 Å². The Morgan fingerprint density at radius 2 is 1.84 bits per heavy atom. The van der Waals surface area contributed by atoms with Crippen molar-refractivity contribution in [3.8, 4) is 0 Å². The topological polar surface area (TPSA) is 24.9 Å². The number of nitrogens with zero attached hydrogens (tertiary/aromatic N) is 1. The van der Waals surface area contributed by atoms with Gasteiger partial charge in [0.1, 0.15) is 0 Å². The second-order valence-corrected chi connectivity index (χ2v) is 6.20. The minimum Gasteiger partial charge on any atom is -0.311 e. The van der Waals surface area contributed by atoms with Crippen molar-refractivity contribution in [3.05, 3.63) is 42.2 Å². The first-order chi connectivity index (χ1) is 9.38. The standard InChI is InChI=1S/C17H20N2/c1-2-4-17-13(3-1)10-18-11-14(17)7-12-8-15-5-6-16(9-12)19-15/h1-4,10-12,15-16,19H,5-9H2/t12?,15-,16+. The van der Waals surface area contributed by atoms with Crippen LogP contribution in [0.25, 0.3) is 10.8 Å². The molecule has 4 rings (SSSR count). The van der Waals surface area contributed by atoms with Gasteiger partial charge in [-0.2, -0.15) is 0 Å². The number of aromatic nitrogens is 1. The molecule has 3 atom stereocenters. The predicted octanol–water partition coefficient (Wildman–Crippen LogP) is 3.31. The summed E-state index contributed by atoms with van der Waals surface area (Å²) in [6.45, 7) is 0. The van der Waals surface area contributed by atoms with E-state index in [0.717, 1.165) is 18.0 Å². The van der Waals surface area contributed by atoms with Gasteiger partial charge in [0, 0.05) is 29.9 Å². The van der Waals surface area contributed by atoms with Crippen molar-refractivity contribution in [3.63, 3.8) is 0 Å². The molecule has 1 N–H and O–H groups in total. The van der Waals surface area contributed by atoms with Gasteiger partial charge in [0.05, 0.1) is 0 Å². The molecule has 1 aromatic heterocycles. The van der Waals surface area contributed by atoms with E-state index in [1.807, 2.05) is 6.20 Å². The zero-order valence-electron chi connectivity index (χ0n) is 11.2. The average Bonchev–Trinajstić information content (AvgIpc) is 2.78. The smallest absolute Gasteiger partial charge is 0.0346 e. The van der Waals surface area contributed by atoms with E-state index in [1.54, 1.807) is 0 Å². The Kier molecular flexibility index (Phi) is 2.77. The molecule has 0 aliphatic carbocycles. The van der Waals surface area contributed by atoms with Gasteiger partial charge in [-0.1, -0.05) is 24.3 Å². The Morgan fingerprint density at radius 1 is 1.05 bits per heavy atom. The Balaban J connectivity index is 1.61. The Morgan fingerprint density at radius 3 is 2.68 bits per heavy atom. The summed E-state index contributed by atoms with van der Waals surface area (Å²) in [4.78, 5) is 4.42. The van der Waals surface area contributed by atoms with Gasteiger partial charge in [-0.15, -0.1) is 0 Å². The molecule has 2 aliphatic heterocycles. The predicted molar refractivity (Wildman–Crippen MR) is 78.1 cm³/mol. The number of pyridine rings is 1. The van der Waals surface area contributed by atoms with E-state index in [4.69, 9.17) is 0 Å². The third-order valence-corrected chi connectivity index (χ3v) is 4.83. The van der Waals surface area contributed by atoms with Gasteiger partial charge in [0.25, 0.3) is 0 Å². The number of rotatable bonds is 2. The molecule has 2 aromatic rings. The summed E-state index contributed by atoms with van der Waals surface area (Å²) < 4.78 is 0. The van der Waals surface area contributed by atoms with Crippen LogP contribution in [0.5, 0.6) is 0 Å². The summed E-state index contributed by atoms with van der Waals surface area (Å²) in [6, 6.07) is 10.2. The first-order valence-electron chi connectivity index (χ1n) is 7.46. The largest absolute Gasteiger partial charge is 0.311 e. The van der Waals surface area contributed by atoms with E-state index in [0.29, 0.717) is 0 Å². The highest BCUT2D eigenvalue weighted by Crippen LogP contribution is 2.33. The zero-order valence-corrected chi connectivity index (χ0v) is 11.2. The van der Waals surface area contributed by atoms with Crippen molar-refractivity contribution in [1.29, 1.82) is 0 Å². The van der Waals surface area contributed by atoms with Gasteiger partial charge in [0.15, 0.2) is 0 Å². The molecule has 0 spiro atoms. The molecular formula is C17H20N2. The third kappa shape index (κ3) is 2.14. The highest BCUT2D eigenvalue weighted by atomic mass is 15.0. The van der Waals surface area contributed by atoms with Crippen LogP contribution in [0.3, 0.4) is 0 Å². The van der Waals surface area contributed by atoms with Crippen LogP contribution in [0.4, 0.5) is 0 Å². The fraction of sp³-hybridized carbons (Fsp3) is 0.471. The van der Waals surface area contributed by atoms with Crippen LogP contribution < -0.4 is 5.32 Å². The van der Waals surface area contributed by atoms with Crippen molar-refractivity contribution in [2.24, 2.45) is 5.92 Å². The first kappa shape index (κ1) is 11.4. The van der Waals surface area contributed by atoms with Gasteiger partial charge in [0.2, 0.25) is 0 Å². The molecule has 98 valence electrons.